The maximum absolute atomic E-state index is 12.3. The second-order valence-corrected chi connectivity index (χ2v) is 6.44. The Bertz CT molecular complexity index is 858. The molecule has 3 aromatic rings. The molecule has 0 fully saturated rings. The number of hydrogen-bond donors (Lipinski definition) is 1. The van der Waals surface area contributed by atoms with Crippen LogP contribution in [0.1, 0.15) is 24.1 Å². The molecule has 0 bridgehead atoms. The zero-order valence-corrected chi connectivity index (χ0v) is 15.3. The summed E-state index contributed by atoms with van der Waals surface area (Å²) in [4.78, 5) is 18.3. The van der Waals surface area contributed by atoms with Crippen LogP contribution in [0.3, 0.4) is 0 Å². The third-order valence-electron chi connectivity index (χ3n) is 4.41. The molecule has 26 heavy (non-hydrogen) atoms. The molecule has 0 aliphatic carbocycles. The van der Waals surface area contributed by atoms with E-state index in [2.05, 4.69) is 34.5 Å². The number of carbonyl (C=O) groups excluding carboxylic acids is 1. The van der Waals surface area contributed by atoms with Crippen LogP contribution in [0.4, 0.5) is 5.69 Å². The Balaban J connectivity index is 1.60. The highest BCUT2D eigenvalue weighted by Crippen LogP contribution is 2.20. The Morgan fingerprint density at radius 3 is 2.65 bits per heavy atom. The predicted octanol–water partition coefficient (Wildman–Crippen LogP) is 3.21. The van der Waals surface area contributed by atoms with E-state index in [9.17, 15) is 4.79 Å². The maximum atomic E-state index is 12.3. The highest BCUT2D eigenvalue weighted by molar-refractivity contribution is 5.92. The fraction of sp³-hybridized carbons (Fsp3) is 0.250. The summed E-state index contributed by atoms with van der Waals surface area (Å²) in [7, 11) is 1.95. The first kappa shape index (κ1) is 17.8. The SMILES string of the molecule is Cc1cccc(NC(=O)CN(C)C(C)c2ccc(-n3cncn3)cc2)c1. The number of anilines is 1. The van der Waals surface area contributed by atoms with Crippen molar-refractivity contribution in [1.29, 1.82) is 0 Å². The topological polar surface area (TPSA) is 63.1 Å². The molecule has 1 heterocycles. The molecule has 1 aromatic heterocycles. The van der Waals surface area contributed by atoms with Crippen molar-refractivity contribution in [3.8, 4) is 5.69 Å². The minimum Gasteiger partial charge on any atom is -0.325 e. The Kier molecular flexibility index (Phi) is 5.43. The number of nitrogens with zero attached hydrogens (tertiary/aromatic N) is 4. The third kappa shape index (κ3) is 4.34. The van der Waals surface area contributed by atoms with Gasteiger partial charge in [0.05, 0.1) is 12.2 Å². The molecule has 6 heteroatoms. The molecule has 1 unspecified atom stereocenters. The maximum Gasteiger partial charge on any atom is 0.238 e. The zero-order valence-electron chi connectivity index (χ0n) is 15.3. The summed E-state index contributed by atoms with van der Waals surface area (Å²) in [5, 5.41) is 7.07. The second-order valence-electron chi connectivity index (χ2n) is 6.44. The summed E-state index contributed by atoms with van der Waals surface area (Å²) in [5.74, 6) is -0.0239. The fourth-order valence-corrected chi connectivity index (χ4v) is 2.79. The largest absolute Gasteiger partial charge is 0.325 e. The molecule has 0 spiro atoms. The molecule has 0 saturated heterocycles. The summed E-state index contributed by atoms with van der Waals surface area (Å²) in [6, 6.07) is 16.0. The van der Waals surface area contributed by atoms with E-state index in [0.29, 0.717) is 6.54 Å². The normalized spacial score (nSPS) is 12.2. The smallest absolute Gasteiger partial charge is 0.238 e. The highest BCUT2D eigenvalue weighted by atomic mass is 16.2. The van der Waals surface area contributed by atoms with Gasteiger partial charge in [-0.25, -0.2) is 9.67 Å². The molecule has 1 amide bonds. The quantitative estimate of drug-likeness (QED) is 0.742. The van der Waals surface area contributed by atoms with E-state index < -0.39 is 0 Å². The summed E-state index contributed by atoms with van der Waals surface area (Å²) in [6.45, 7) is 4.41. The van der Waals surface area contributed by atoms with E-state index in [1.54, 1.807) is 11.0 Å². The number of aryl methyl sites for hydroxylation is 1. The zero-order chi connectivity index (χ0) is 18.5. The first-order valence-electron chi connectivity index (χ1n) is 8.54. The standard InChI is InChI=1S/C20H23N5O/c1-15-5-4-6-18(11-15)23-20(26)12-24(3)16(2)17-7-9-19(10-8-17)25-14-21-13-22-25/h4-11,13-14,16H,12H2,1-3H3,(H,23,26). The molecule has 3 rings (SSSR count). The molecule has 1 atom stereocenters. The molecule has 134 valence electrons. The molecule has 2 aromatic carbocycles. The van der Waals surface area contributed by atoms with Gasteiger partial charge in [0, 0.05) is 11.7 Å². The van der Waals surface area contributed by atoms with Crippen LogP contribution in [0.15, 0.2) is 61.2 Å². The van der Waals surface area contributed by atoms with Crippen molar-refractivity contribution in [3.05, 3.63) is 72.3 Å². The van der Waals surface area contributed by atoms with E-state index >= 15 is 0 Å². The average molecular weight is 349 g/mol. The number of amides is 1. The van der Waals surface area contributed by atoms with Gasteiger partial charge in [-0.15, -0.1) is 0 Å². The lowest BCUT2D eigenvalue weighted by atomic mass is 10.1. The Hall–Kier alpha value is -2.99. The van der Waals surface area contributed by atoms with E-state index in [-0.39, 0.29) is 11.9 Å². The van der Waals surface area contributed by atoms with Crippen LogP contribution in [0.5, 0.6) is 0 Å². The second kappa shape index (κ2) is 7.93. The van der Waals surface area contributed by atoms with E-state index in [1.165, 1.54) is 6.33 Å². The minimum atomic E-state index is -0.0239. The van der Waals surface area contributed by atoms with Crippen molar-refractivity contribution in [2.24, 2.45) is 0 Å². The molecule has 6 nitrogen and oxygen atoms in total. The average Bonchev–Trinajstić information content (AvgIpc) is 3.15. The summed E-state index contributed by atoms with van der Waals surface area (Å²) in [6.07, 6.45) is 3.18. The minimum absolute atomic E-state index is 0.0239. The molecular weight excluding hydrogens is 326 g/mol. The number of aromatic nitrogens is 3. The molecule has 0 aliphatic rings. The van der Waals surface area contributed by atoms with Crippen LogP contribution in [0.2, 0.25) is 0 Å². The van der Waals surface area contributed by atoms with Crippen molar-refractivity contribution in [2.45, 2.75) is 19.9 Å². The van der Waals surface area contributed by atoms with Crippen molar-refractivity contribution in [1.82, 2.24) is 19.7 Å². The lowest BCUT2D eigenvalue weighted by molar-refractivity contribution is -0.117. The number of nitrogens with one attached hydrogen (secondary N) is 1. The number of carbonyl (C=O) groups is 1. The van der Waals surface area contributed by atoms with Crippen molar-refractivity contribution in [2.75, 3.05) is 18.9 Å². The Morgan fingerprint density at radius 2 is 2.00 bits per heavy atom. The van der Waals surface area contributed by atoms with Crippen LogP contribution in [0, 0.1) is 6.92 Å². The first-order chi connectivity index (χ1) is 12.5. The number of rotatable bonds is 6. The molecule has 0 radical (unpaired) electrons. The molecular formula is C20H23N5O. The summed E-state index contributed by atoms with van der Waals surface area (Å²) < 4.78 is 1.72. The number of benzene rings is 2. The fourth-order valence-electron chi connectivity index (χ4n) is 2.79. The lowest BCUT2D eigenvalue weighted by Crippen LogP contribution is -2.32. The van der Waals surface area contributed by atoms with E-state index in [0.717, 1.165) is 22.5 Å². The van der Waals surface area contributed by atoms with E-state index in [4.69, 9.17) is 0 Å². The van der Waals surface area contributed by atoms with Crippen molar-refractivity contribution >= 4 is 11.6 Å². The van der Waals surface area contributed by atoms with Gasteiger partial charge in [-0.3, -0.25) is 9.69 Å². The Morgan fingerprint density at radius 1 is 1.23 bits per heavy atom. The van der Waals surface area contributed by atoms with Crippen LogP contribution < -0.4 is 5.32 Å². The van der Waals surface area contributed by atoms with Gasteiger partial charge in [-0.05, 0) is 56.3 Å². The van der Waals surface area contributed by atoms with Gasteiger partial charge in [-0.1, -0.05) is 24.3 Å². The summed E-state index contributed by atoms with van der Waals surface area (Å²) >= 11 is 0. The predicted molar refractivity (Wildman–Crippen MR) is 102 cm³/mol. The molecule has 0 saturated carbocycles. The molecule has 1 N–H and O–H groups in total. The van der Waals surface area contributed by atoms with Gasteiger partial charge >= 0.3 is 0 Å². The first-order valence-corrected chi connectivity index (χ1v) is 8.54. The van der Waals surface area contributed by atoms with Gasteiger partial charge in [0.1, 0.15) is 12.7 Å². The van der Waals surface area contributed by atoms with Crippen molar-refractivity contribution in [3.63, 3.8) is 0 Å². The monoisotopic (exact) mass is 349 g/mol. The Labute approximate surface area is 153 Å². The van der Waals surface area contributed by atoms with Gasteiger partial charge in [-0.2, -0.15) is 5.10 Å². The van der Waals surface area contributed by atoms with Gasteiger partial charge in [0.2, 0.25) is 5.91 Å². The lowest BCUT2D eigenvalue weighted by Gasteiger charge is -2.24. The van der Waals surface area contributed by atoms with Crippen LogP contribution in [-0.2, 0) is 4.79 Å². The van der Waals surface area contributed by atoms with Gasteiger partial charge in [0.25, 0.3) is 0 Å². The molecule has 0 aliphatic heterocycles. The highest BCUT2D eigenvalue weighted by Gasteiger charge is 2.15. The summed E-state index contributed by atoms with van der Waals surface area (Å²) in [5.41, 5.74) is 4.04. The van der Waals surface area contributed by atoms with Crippen LogP contribution >= 0.6 is 0 Å². The van der Waals surface area contributed by atoms with Crippen LogP contribution in [0.25, 0.3) is 5.69 Å². The number of hydrogen-bond acceptors (Lipinski definition) is 4. The van der Waals surface area contributed by atoms with Crippen molar-refractivity contribution < 1.29 is 4.79 Å². The van der Waals surface area contributed by atoms with Gasteiger partial charge < -0.3 is 5.32 Å². The van der Waals surface area contributed by atoms with Crippen LogP contribution in [-0.4, -0.2) is 39.2 Å². The number of likely N-dealkylation sites (N-methyl/N-ethyl adjacent to an activating group) is 1. The van der Waals surface area contributed by atoms with Gasteiger partial charge in [0.15, 0.2) is 0 Å². The third-order valence-corrected chi connectivity index (χ3v) is 4.41. The van der Waals surface area contributed by atoms with E-state index in [1.807, 2.05) is 55.3 Å².